The number of nitrogens with zero attached hydrogens (tertiary/aromatic N) is 3. The van der Waals surface area contributed by atoms with Gasteiger partial charge in [-0.05, 0) is 25.1 Å². The molecule has 8 heteroatoms. The Hall–Kier alpha value is -2.90. The highest BCUT2D eigenvalue weighted by Gasteiger charge is 2.22. The van der Waals surface area contributed by atoms with Crippen LogP contribution in [0.4, 0.5) is 0 Å². The summed E-state index contributed by atoms with van der Waals surface area (Å²) in [6.07, 6.45) is 1.51. The lowest BCUT2D eigenvalue weighted by molar-refractivity contribution is 0.0998. The Morgan fingerprint density at radius 3 is 2.78 bits per heavy atom. The zero-order valence-corrected chi connectivity index (χ0v) is 15.9. The molecule has 1 amide bonds. The Balaban J connectivity index is 1.73. The SMILES string of the molecule is CC(Oc1cc(-c2nnc3ccccn23)sc1C(N)=O)c1ccccc1Cl. The lowest BCUT2D eigenvalue weighted by atomic mass is 10.1. The molecule has 0 radical (unpaired) electrons. The van der Waals surface area contributed by atoms with Crippen molar-refractivity contribution in [2.45, 2.75) is 13.0 Å². The second-order valence-electron chi connectivity index (χ2n) is 5.90. The third-order valence-electron chi connectivity index (χ3n) is 4.10. The Kier molecular flexibility index (Phi) is 4.55. The fraction of sp³-hybridized carbons (Fsp3) is 0.105. The van der Waals surface area contributed by atoms with Crippen LogP contribution >= 0.6 is 22.9 Å². The second-order valence-corrected chi connectivity index (χ2v) is 7.36. The van der Waals surface area contributed by atoms with Gasteiger partial charge in [0.05, 0.1) is 4.88 Å². The highest BCUT2D eigenvalue weighted by molar-refractivity contribution is 7.17. The molecule has 1 unspecified atom stereocenters. The zero-order valence-electron chi connectivity index (χ0n) is 14.3. The van der Waals surface area contributed by atoms with Gasteiger partial charge in [0.25, 0.3) is 5.91 Å². The summed E-state index contributed by atoms with van der Waals surface area (Å²) in [5.41, 5.74) is 7.11. The van der Waals surface area contributed by atoms with Crippen LogP contribution in [0.2, 0.25) is 5.02 Å². The number of nitrogens with two attached hydrogens (primary N) is 1. The summed E-state index contributed by atoms with van der Waals surface area (Å²) in [5.74, 6) is 0.474. The molecule has 0 bridgehead atoms. The first-order valence-electron chi connectivity index (χ1n) is 8.19. The first-order chi connectivity index (χ1) is 13.0. The average molecular weight is 399 g/mol. The molecule has 0 fully saturated rings. The van der Waals surface area contributed by atoms with Gasteiger partial charge in [-0.3, -0.25) is 9.20 Å². The van der Waals surface area contributed by atoms with E-state index in [2.05, 4.69) is 10.2 Å². The van der Waals surface area contributed by atoms with Gasteiger partial charge in [-0.1, -0.05) is 35.9 Å². The van der Waals surface area contributed by atoms with Crippen LogP contribution in [0.25, 0.3) is 16.3 Å². The molecule has 1 aromatic carbocycles. The van der Waals surface area contributed by atoms with E-state index in [0.29, 0.717) is 27.1 Å². The number of carbonyl (C=O) groups is 1. The summed E-state index contributed by atoms with van der Waals surface area (Å²) in [5, 5.41) is 8.97. The smallest absolute Gasteiger partial charge is 0.262 e. The highest BCUT2D eigenvalue weighted by atomic mass is 35.5. The average Bonchev–Trinajstić information content (AvgIpc) is 3.26. The largest absolute Gasteiger partial charge is 0.484 e. The lowest BCUT2D eigenvalue weighted by Crippen LogP contribution is -2.12. The molecule has 3 aromatic heterocycles. The molecule has 4 rings (SSSR count). The second kappa shape index (κ2) is 7.02. The van der Waals surface area contributed by atoms with E-state index < -0.39 is 5.91 Å². The van der Waals surface area contributed by atoms with Gasteiger partial charge in [-0.25, -0.2) is 0 Å². The van der Waals surface area contributed by atoms with Gasteiger partial charge in [-0.2, -0.15) is 0 Å². The number of halogens is 1. The number of amides is 1. The number of fused-ring (bicyclic) bond motifs is 1. The minimum atomic E-state index is -0.554. The minimum absolute atomic E-state index is 0.330. The minimum Gasteiger partial charge on any atom is -0.484 e. The van der Waals surface area contributed by atoms with E-state index in [9.17, 15) is 4.79 Å². The lowest BCUT2D eigenvalue weighted by Gasteiger charge is -2.16. The van der Waals surface area contributed by atoms with Crippen molar-refractivity contribution in [3.05, 3.63) is 70.2 Å². The van der Waals surface area contributed by atoms with Crippen molar-refractivity contribution >= 4 is 34.5 Å². The third-order valence-corrected chi connectivity index (χ3v) is 5.57. The van der Waals surface area contributed by atoms with E-state index in [0.717, 1.165) is 10.4 Å². The predicted octanol–water partition coefficient (Wildman–Crippen LogP) is 4.35. The molecular weight excluding hydrogens is 384 g/mol. The number of rotatable bonds is 5. The van der Waals surface area contributed by atoms with Crippen molar-refractivity contribution in [3.8, 4) is 16.5 Å². The number of hydrogen-bond donors (Lipinski definition) is 1. The zero-order chi connectivity index (χ0) is 19.0. The van der Waals surface area contributed by atoms with Crippen LogP contribution < -0.4 is 10.5 Å². The topological polar surface area (TPSA) is 82.5 Å². The van der Waals surface area contributed by atoms with E-state index in [4.69, 9.17) is 22.1 Å². The Bertz CT molecular complexity index is 1140. The number of ether oxygens (including phenoxy) is 1. The van der Waals surface area contributed by atoms with Crippen molar-refractivity contribution in [1.82, 2.24) is 14.6 Å². The van der Waals surface area contributed by atoms with Gasteiger partial charge in [0, 0.05) is 22.8 Å². The predicted molar refractivity (Wildman–Crippen MR) is 105 cm³/mol. The maximum atomic E-state index is 11.9. The molecule has 4 aromatic rings. The Morgan fingerprint density at radius 1 is 1.22 bits per heavy atom. The molecular formula is C19H15ClN4O2S. The fourth-order valence-corrected chi connectivity index (χ4v) is 4.03. The Morgan fingerprint density at radius 2 is 2.00 bits per heavy atom. The van der Waals surface area contributed by atoms with Crippen LogP contribution in [0.3, 0.4) is 0 Å². The number of primary amides is 1. The number of pyridine rings is 1. The summed E-state index contributed by atoms with van der Waals surface area (Å²) in [6.45, 7) is 1.87. The van der Waals surface area contributed by atoms with E-state index in [-0.39, 0.29) is 6.10 Å². The van der Waals surface area contributed by atoms with Crippen molar-refractivity contribution in [3.63, 3.8) is 0 Å². The van der Waals surface area contributed by atoms with Crippen LogP contribution in [-0.2, 0) is 0 Å². The molecule has 0 aliphatic carbocycles. The van der Waals surface area contributed by atoms with Crippen molar-refractivity contribution in [2.75, 3.05) is 0 Å². The van der Waals surface area contributed by atoms with Gasteiger partial charge in [0.15, 0.2) is 11.5 Å². The molecule has 0 aliphatic rings. The van der Waals surface area contributed by atoms with Crippen LogP contribution in [0.5, 0.6) is 5.75 Å². The third kappa shape index (κ3) is 3.27. The summed E-state index contributed by atoms with van der Waals surface area (Å²) in [7, 11) is 0. The molecule has 1 atom stereocenters. The molecule has 0 spiro atoms. The monoisotopic (exact) mass is 398 g/mol. The molecule has 6 nitrogen and oxygen atoms in total. The van der Waals surface area contributed by atoms with E-state index in [1.807, 2.05) is 53.9 Å². The fourth-order valence-electron chi connectivity index (χ4n) is 2.81. The van der Waals surface area contributed by atoms with E-state index >= 15 is 0 Å². The van der Waals surface area contributed by atoms with E-state index in [1.54, 1.807) is 12.1 Å². The maximum absolute atomic E-state index is 11.9. The molecule has 3 heterocycles. The quantitative estimate of drug-likeness (QED) is 0.541. The van der Waals surface area contributed by atoms with Gasteiger partial charge >= 0.3 is 0 Å². The van der Waals surface area contributed by atoms with Gasteiger partial charge in [-0.15, -0.1) is 21.5 Å². The van der Waals surface area contributed by atoms with Gasteiger partial charge < -0.3 is 10.5 Å². The molecule has 136 valence electrons. The normalized spacial score (nSPS) is 12.2. The molecule has 2 N–H and O–H groups in total. The summed E-state index contributed by atoms with van der Waals surface area (Å²) >= 11 is 7.47. The Labute approximate surface area is 164 Å². The van der Waals surface area contributed by atoms with Crippen LogP contribution in [-0.4, -0.2) is 20.5 Å². The molecule has 0 saturated heterocycles. The standard InChI is InChI=1S/C19H15ClN4O2S/c1-11(12-6-2-3-7-13(12)20)26-14-10-15(27-17(14)18(21)25)19-23-22-16-8-4-5-9-24(16)19/h2-11H,1H3,(H2,21,25). The summed E-state index contributed by atoms with van der Waals surface area (Å²) in [6, 6.07) is 14.8. The number of thiophene rings is 1. The van der Waals surface area contributed by atoms with E-state index in [1.165, 1.54) is 11.3 Å². The molecule has 0 aliphatic heterocycles. The molecule has 0 saturated carbocycles. The number of carbonyl (C=O) groups excluding carboxylic acids is 1. The van der Waals surface area contributed by atoms with Gasteiger partial charge in [0.1, 0.15) is 16.7 Å². The highest BCUT2D eigenvalue weighted by Crippen LogP contribution is 2.38. The maximum Gasteiger partial charge on any atom is 0.262 e. The van der Waals surface area contributed by atoms with Crippen LogP contribution in [0.15, 0.2) is 54.7 Å². The van der Waals surface area contributed by atoms with Crippen LogP contribution in [0, 0.1) is 0 Å². The summed E-state index contributed by atoms with van der Waals surface area (Å²) < 4.78 is 7.88. The molecule has 27 heavy (non-hydrogen) atoms. The van der Waals surface area contributed by atoms with Crippen molar-refractivity contribution in [2.24, 2.45) is 5.73 Å². The number of hydrogen-bond acceptors (Lipinski definition) is 5. The van der Waals surface area contributed by atoms with Crippen molar-refractivity contribution in [1.29, 1.82) is 0 Å². The number of benzene rings is 1. The first kappa shape index (κ1) is 17.5. The first-order valence-corrected chi connectivity index (χ1v) is 9.39. The number of aromatic nitrogens is 3. The van der Waals surface area contributed by atoms with Crippen molar-refractivity contribution < 1.29 is 9.53 Å². The van der Waals surface area contributed by atoms with Crippen LogP contribution in [0.1, 0.15) is 28.3 Å². The summed E-state index contributed by atoms with van der Waals surface area (Å²) in [4.78, 5) is 13.0. The van der Waals surface area contributed by atoms with Gasteiger partial charge in [0.2, 0.25) is 0 Å².